The van der Waals surface area contributed by atoms with Crippen LogP contribution in [0.15, 0.2) is 48.5 Å². The molecule has 2 aliphatic rings. The standard InChI is InChI=1S/C36H54/c1-3-5-6-7-8-10-30-15-23-34(24-16-30)36-27-19-32(20-28-36)12-11-31-17-25-35(26-18-31)33-21-13-29(9-4-2)14-22-33/h17-20,25-30,33-34H,3-16,21-24H2,1-2H3. The summed E-state index contributed by atoms with van der Waals surface area (Å²) in [5.74, 6) is 3.61. The molecule has 0 saturated heterocycles. The molecule has 4 rings (SSSR count). The predicted molar refractivity (Wildman–Crippen MR) is 158 cm³/mol. The molecule has 36 heavy (non-hydrogen) atoms. The molecule has 0 aliphatic heterocycles. The van der Waals surface area contributed by atoms with Crippen LogP contribution in [0.5, 0.6) is 0 Å². The van der Waals surface area contributed by atoms with Crippen molar-refractivity contribution in [3.63, 3.8) is 0 Å². The minimum absolute atomic E-state index is 0.806. The highest BCUT2D eigenvalue weighted by molar-refractivity contribution is 5.29. The van der Waals surface area contributed by atoms with Crippen molar-refractivity contribution >= 4 is 0 Å². The summed E-state index contributed by atoms with van der Waals surface area (Å²) in [5, 5.41) is 0. The van der Waals surface area contributed by atoms with Gasteiger partial charge in [0, 0.05) is 0 Å². The summed E-state index contributed by atoms with van der Waals surface area (Å²) in [6, 6.07) is 19.4. The average molecular weight is 487 g/mol. The van der Waals surface area contributed by atoms with Crippen molar-refractivity contribution in [2.75, 3.05) is 0 Å². The van der Waals surface area contributed by atoms with Crippen LogP contribution in [0, 0.1) is 11.8 Å². The number of aryl methyl sites for hydroxylation is 2. The van der Waals surface area contributed by atoms with Crippen LogP contribution in [0.1, 0.15) is 151 Å². The summed E-state index contributed by atoms with van der Waals surface area (Å²) in [7, 11) is 0. The molecule has 0 spiro atoms. The van der Waals surface area contributed by atoms with Crippen molar-refractivity contribution in [1.29, 1.82) is 0 Å². The SMILES string of the molecule is CCCCCCCC1CCC(c2ccc(CCc3ccc(C4CCC(CCC)CC4)cc3)cc2)CC1. The Morgan fingerprint density at radius 2 is 0.917 bits per heavy atom. The Hall–Kier alpha value is -1.56. The fourth-order valence-electron chi connectivity index (χ4n) is 7.22. The van der Waals surface area contributed by atoms with Gasteiger partial charge in [0.05, 0.1) is 0 Å². The van der Waals surface area contributed by atoms with Crippen LogP contribution in [0.4, 0.5) is 0 Å². The van der Waals surface area contributed by atoms with Crippen molar-refractivity contribution < 1.29 is 0 Å². The summed E-state index contributed by atoms with van der Waals surface area (Å²) in [6.07, 6.45) is 25.2. The van der Waals surface area contributed by atoms with Crippen molar-refractivity contribution in [2.24, 2.45) is 11.8 Å². The topological polar surface area (TPSA) is 0 Å². The van der Waals surface area contributed by atoms with Gasteiger partial charge in [0.25, 0.3) is 0 Å². The number of benzene rings is 2. The fourth-order valence-corrected chi connectivity index (χ4v) is 7.22. The molecule has 0 unspecified atom stereocenters. The van der Waals surface area contributed by atoms with Crippen LogP contribution in [-0.2, 0) is 12.8 Å². The molecule has 0 heteroatoms. The van der Waals surface area contributed by atoms with Crippen LogP contribution >= 0.6 is 0 Å². The summed E-state index contributed by atoms with van der Waals surface area (Å²) >= 11 is 0. The molecule has 2 fully saturated rings. The first kappa shape index (κ1) is 27.5. The lowest BCUT2D eigenvalue weighted by Crippen LogP contribution is -2.13. The van der Waals surface area contributed by atoms with Gasteiger partial charge in [0.2, 0.25) is 0 Å². The summed E-state index contributed by atoms with van der Waals surface area (Å²) in [5.41, 5.74) is 6.18. The van der Waals surface area contributed by atoms with E-state index >= 15 is 0 Å². The Bertz CT molecular complexity index is 829. The van der Waals surface area contributed by atoms with Gasteiger partial charge in [0.15, 0.2) is 0 Å². The van der Waals surface area contributed by atoms with E-state index in [0.717, 1.165) is 36.5 Å². The van der Waals surface area contributed by atoms with Gasteiger partial charge in [-0.25, -0.2) is 0 Å². The van der Waals surface area contributed by atoms with Crippen molar-refractivity contribution in [2.45, 2.75) is 141 Å². The van der Waals surface area contributed by atoms with Crippen LogP contribution in [0.2, 0.25) is 0 Å². The highest BCUT2D eigenvalue weighted by atomic mass is 14.3. The first-order valence-corrected chi connectivity index (χ1v) is 15.9. The molecule has 0 atom stereocenters. The maximum Gasteiger partial charge on any atom is -0.0162 e. The minimum Gasteiger partial charge on any atom is -0.0654 e. The zero-order chi connectivity index (χ0) is 25.0. The van der Waals surface area contributed by atoms with E-state index in [-0.39, 0.29) is 0 Å². The normalized spacial score (nSPS) is 24.6. The third-order valence-corrected chi connectivity index (χ3v) is 9.71. The third kappa shape index (κ3) is 8.49. The van der Waals surface area contributed by atoms with Crippen LogP contribution in [0.3, 0.4) is 0 Å². The molecule has 0 bridgehead atoms. The van der Waals surface area contributed by atoms with Crippen molar-refractivity contribution in [3.05, 3.63) is 70.8 Å². The first-order chi connectivity index (χ1) is 17.7. The molecule has 0 nitrogen and oxygen atoms in total. The molecule has 198 valence electrons. The monoisotopic (exact) mass is 486 g/mol. The third-order valence-electron chi connectivity index (χ3n) is 9.71. The Labute approximate surface area is 223 Å². The summed E-state index contributed by atoms with van der Waals surface area (Å²) in [4.78, 5) is 0. The van der Waals surface area contributed by atoms with E-state index in [2.05, 4.69) is 62.4 Å². The van der Waals surface area contributed by atoms with E-state index in [1.807, 2.05) is 0 Å². The molecule has 2 saturated carbocycles. The molecule has 0 N–H and O–H groups in total. The zero-order valence-corrected chi connectivity index (χ0v) is 23.7. The van der Waals surface area contributed by atoms with Gasteiger partial charge in [-0.1, -0.05) is 114 Å². The fraction of sp³-hybridized carbons (Fsp3) is 0.667. The van der Waals surface area contributed by atoms with E-state index in [4.69, 9.17) is 0 Å². The van der Waals surface area contributed by atoms with E-state index in [1.54, 1.807) is 11.1 Å². The highest BCUT2D eigenvalue weighted by Gasteiger charge is 2.23. The second kappa shape index (κ2) is 15.0. The summed E-state index contributed by atoms with van der Waals surface area (Å²) in [6.45, 7) is 4.65. The highest BCUT2D eigenvalue weighted by Crippen LogP contribution is 2.39. The lowest BCUT2D eigenvalue weighted by atomic mass is 9.77. The molecule has 2 aliphatic carbocycles. The average Bonchev–Trinajstić information content (AvgIpc) is 2.93. The molecule has 0 radical (unpaired) electrons. The van der Waals surface area contributed by atoms with Gasteiger partial charge < -0.3 is 0 Å². The quantitative estimate of drug-likeness (QED) is 0.247. The second-order valence-corrected chi connectivity index (χ2v) is 12.4. The van der Waals surface area contributed by atoms with Crippen molar-refractivity contribution in [3.8, 4) is 0 Å². The Morgan fingerprint density at radius 1 is 0.472 bits per heavy atom. The van der Waals surface area contributed by atoms with E-state index < -0.39 is 0 Å². The van der Waals surface area contributed by atoms with E-state index in [0.29, 0.717) is 0 Å². The van der Waals surface area contributed by atoms with Gasteiger partial charge in [-0.15, -0.1) is 0 Å². The number of hydrogen-bond acceptors (Lipinski definition) is 0. The van der Waals surface area contributed by atoms with Crippen molar-refractivity contribution in [1.82, 2.24) is 0 Å². The minimum atomic E-state index is 0.806. The molecule has 0 aromatic heterocycles. The zero-order valence-electron chi connectivity index (χ0n) is 23.7. The van der Waals surface area contributed by atoms with Gasteiger partial charge in [-0.3, -0.25) is 0 Å². The molecule has 0 heterocycles. The Balaban J connectivity index is 1.16. The first-order valence-electron chi connectivity index (χ1n) is 15.9. The Morgan fingerprint density at radius 3 is 1.36 bits per heavy atom. The largest absolute Gasteiger partial charge is 0.0654 e. The molecule has 2 aromatic rings. The molecular weight excluding hydrogens is 432 g/mol. The molecule has 2 aromatic carbocycles. The smallest absolute Gasteiger partial charge is 0.0162 e. The lowest BCUT2D eigenvalue weighted by molar-refractivity contribution is 0.302. The van der Waals surface area contributed by atoms with E-state index in [9.17, 15) is 0 Å². The number of rotatable bonds is 13. The van der Waals surface area contributed by atoms with Crippen LogP contribution < -0.4 is 0 Å². The van der Waals surface area contributed by atoms with Crippen LogP contribution in [-0.4, -0.2) is 0 Å². The second-order valence-electron chi connectivity index (χ2n) is 12.4. The Kier molecular flexibility index (Phi) is 11.4. The van der Waals surface area contributed by atoms with Gasteiger partial charge in [-0.05, 0) is 110 Å². The van der Waals surface area contributed by atoms with Crippen LogP contribution in [0.25, 0.3) is 0 Å². The maximum absolute atomic E-state index is 2.45. The van der Waals surface area contributed by atoms with Gasteiger partial charge in [0.1, 0.15) is 0 Å². The summed E-state index contributed by atoms with van der Waals surface area (Å²) < 4.78 is 0. The molecule has 0 amide bonds. The predicted octanol–water partition coefficient (Wildman–Crippen LogP) is 11.2. The van der Waals surface area contributed by atoms with Gasteiger partial charge in [-0.2, -0.15) is 0 Å². The molecular formula is C36H54. The lowest BCUT2D eigenvalue weighted by Gasteiger charge is -2.29. The maximum atomic E-state index is 2.45. The number of hydrogen-bond donors (Lipinski definition) is 0. The number of unbranched alkanes of at least 4 members (excludes halogenated alkanes) is 4. The van der Waals surface area contributed by atoms with E-state index in [1.165, 1.54) is 114 Å². The van der Waals surface area contributed by atoms with Gasteiger partial charge >= 0.3 is 0 Å².